The predicted octanol–water partition coefficient (Wildman–Crippen LogP) is 6.24. The first kappa shape index (κ1) is 29.1. The van der Waals surface area contributed by atoms with Gasteiger partial charge in [0, 0.05) is 12.6 Å². The third kappa shape index (κ3) is 8.54. The molecule has 0 heterocycles. The molecule has 0 radical (unpaired) electrons. The number of carbonyl (C=O) groups excluding carboxylic acids is 1. The molecule has 1 amide bonds. The van der Waals surface area contributed by atoms with Crippen molar-refractivity contribution in [2.75, 3.05) is 27.9 Å². The van der Waals surface area contributed by atoms with E-state index in [1.807, 2.05) is 78.9 Å². The van der Waals surface area contributed by atoms with Crippen LogP contribution in [0.2, 0.25) is 0 Å². The molecule has 0 aromatic heterocycles. The van der Waals surface area contributed by atoms with Crippen LogP contribution in [0.15, 0.2) is 97.1 Å². The summed E-state index contributed by atoms with van der Waals surface area (Å²) in [4.78, 5) is 12.5. The lowest BCUT2D eigenvalue weighted by molar-refractivity contribution is -0.116. The summed E-state index contributed by atoms with van der Waals surface area (Å²) in [7, 11) is 4.76. The Hall–Kier alpha value is -4.91. The molecular formula is C34H35NO6. The van der Waals surface area contributed by atoms with Crippen molar-refractivity contribution in [2.24, 2.45) is 0 Å². The molecule has 4 aromatic carbocycles. The van der Waals surface area contributed by atoms with Crippen molar-refractivity contribution in [1.82, 2.24) is 5.32 Å². The Morgan fingerprint density at radius 2 is 1.24 bits per heavy atom. The zero-order valence-corrected chi connectivity index (χ0v) is 23.6. The van der Waals surface area contributed by atoms with E-state index in [1.165, 1.54) is 6.08 Å². The first-order chi connectivity index (χ1) is 20.1. The molecular weight excluding hydrogens is 518 g/mol. The maximum absolute atomic E-state index is 12.5. The Morgan fingerprint density at radius 3 is 1.83 bits per heavy atom. The van der Waals surface area contributed by atoms with E-state index in [2.05, 4.69) is 5.32 Å². The average Bonchev–Trinajstić information content (AvgIpc) is 3.02. The molecule has 0 fully saturated rings. The highest BCUT2D eigenvalue weighted by Gasteiger charge is 2.14. The van der Waals surface area contributed by atoms with Crippen LogP contribution in [0.1, 0.15) is 22.3 Å². The number of ether oxygens (including phenoxy) is 5. The number of rotatable bonds is 14. The van der Waals surface area contributed by atoms with Gasteiger partial charge in [-0.1, -0.05) is 66.7 Å². The quantitative estimate of drug-likeness (QED) is 0.186. The Bertz CT molecular complexity index is 1410. The molecule has 212 valence electrons. The molecule has 4 rings (SSSR count). The van der Waals surface area contributed by atoms with Crippen LogP contribution in [-0.4, -0.2) is 33.8 Å². The van der Waals surface area contributed by atoms with Gasteiger partial charge in [-0.15, -0.1) is 0 Å². The van der Waals surface area contributed by atoms with Gasteiger partial charge in [0.15, 0.2) is 23.0 Å². The minimum Gasteiger partial charge on any atom is -0.493 e. The fraction of sp³-hybridized carbons (Fsp3) is 0.206. The second-order valence-corrected chi connectivity index (χ2v) is 9.16. The van der Waals surface area contributed by atoms with Gasteiger partial charge >= 0.3 is 0 Å². The zero-order chi connectivity index (χ0) is 28.9. The van der Waals surface area contributed by atoms with Crippen LogP contribution in [-0.2, 0) is 24.4 Å². The van der Waals surface area contributed by atoms with Gasteiger partial charge in [0.25, 0.3) is 0 Å². The van der Waals surface area contributed by atoms with Gasteiger partial charge in [-0.3, -0.25) is 4.79 Å². The lowest BCUT2D eigenvalue weighted by Crippen LogP contribution is -2.23. The van der Waals surface area contributed by atoms with E-state index in [1.54, 1.807) is 39.5 Å². The maximum atomic E-state index is 12.5. The van der Waals surface area contributed by atoms with Crippen LogP contribution in [0, 0.1) is 0 Å². The number of benzene rings is 4. The fourth-order valence-electron chi connectivity index (χ4n) is 4.15. The molecule has 0 spiro atoms. The largest absolute Gasteiger partial charge is 0.493 e. The maximum Gasteiger partial charge on any atom is 0.244 e. The van der Waals surface area contributed by atoms with Crippen LogP contribution in [0.4, 0.5) is 0 Å². The van der Waals surface area contributed by atoms with Crippen molar-refractivity contribution in [3.63, 3.8) is 0 Å². The Balaban J connectivity index is 1.33. The molecule has 7 heteroatoms. The Labute approximate surface area is 241 Å². The van der Waals surface area contributed by atoms with E-state index in [-0.39, 0.29) is 5.91 Å². The summed E-state index contributed by atoms with van der Waals surface area (Å²) >= 11 is 0. The first-order valence-electron chi connectivity index (χ1n) is 13.3. The average molecular weight is 554 g/mol. The highest BCUT2D eigenvalue weighted by Crippen LogP contribution is 2.39. The van der Waals surface area contributed by atoms with Crippen molar-refractivity contribution in [3.05, 3.63) is 119 Å². The molecule has 0 unspecified atom stereocenters. The lowest BCUT2D eigenvalue weighted by Gasteiger charge is -2.15. The van der Waals surface area contributed by atoms with Gasteiger partial charge in [-0.05, 0) is 59.0 Å². The third-order valence-corrected chi connectivity index (χ3v) is 6.31. The monoisotopic (exact) mass is 553 g/mol. The number of amides is 1. The summed E-state index contributed by atoms with van der Waals surface area (Å²) in [5.74, 6) is 2.67. The molecule has 0 aliphatic heterocycles. The standard InChI is InChI=1S/C34H35NO6/c1-37-29-16-14-25(20-30(29)40-23-26-10-6-4-7-11-26)18-19-35-33(36)17-15-28-21-31(38-2)34(32(22-28)39-3)41-24-27-12-8-5-9-13-27/h4-17,20-22H,18-19,23-24H2,1-3H3,(H,35,36). The molecule has 0 aliphatic rings. The normalized spacial score (nSPS) is 10.7. The summed E-state index contributed by atoms with van der Waals surface area (Å²) in [6.45, 7) is 1.28. The lowest BCUT2D eigenvalue weighted by atomic mass is 10.1. The summed E-state index contributed by atoms with van der Waals surface area (Å²) < 4.78 is 28.5. The van der Waals surface area contributed by atoms with Gasteiger partial charge in [-0.25, -0.2) is 0 Å². The van der Waals surface area contributed by atoms with E-state index in [0.717, 1.165) is 22.3 Å². The molecule has 41 heavy (non-hydrogen) atoms. The van der Waals surface area contributed by atoms with Gasteiger partial charge in [0.2, 0.25) is 11.7 Å². The Kier molecular flexibility index (Phi) is 10.7. The van der Waals surface area contributed by atoms with Crippen LogP contribution < -0.4 is 29.0 Å². The van der Waals surface area contributed by atoms with Crippen molar-refractivity contribution >= 4 is 12.0 Å². The number of carbonyl (C=O) groups is 1. The van der Waals surface area contributed by atoms with E-state index in [4.69, 9.17) is 23.7 Å². The summed E-state index contributed by atoms with van der Waals surface area (Å²) in [5.41, 5.74) is 3.88. The van der Waals surface area contributed by atoms with Gasteiger partial charge in [0.05, 0.1) is 21.3 Å². The highest BCUT2D eigenvalue weighted by molar-refractivity contribution is 5.91. The summed E-state index contributed by atoms with van der Waals surface area (Å²) in [6.07, 6.45) is 3.84. The van der Waals surface area contributed by atoms with Gasteiger partial charge in [-0.2, -0.15) is 0 Å². The van der Waals surface area contributed by atoms with Crippen LogP contribution in [0.3, 0.4) is 0 Å². The summed E-state index contributed by atoms with van der Waals surface area (Å²) in [6, 6.07) is 29.2. The predicted molar refractivity (Wildman–Crippen MR) is 160 cm³/mol. The molecule has 0 bridgehead atoms. The van der Waals surface area contributed by atoms with Crippen molar-refractivity contribution < 1.29 is 28.5 Å². The molecule has 0 saturated heterocycles. The minimum atomic E-state index is -0.207. The summed E-state index contributed by atoms with van der Waals surface area (Å²) in [5, 5.41) is 2.93. The van der Waals surface area contributed by atoms with Crippen molar-refractivity contribution in [3.8, 4) is 28.7 Å². The number of hydrogen-bond donors (Lipinski definition) is 1. The van der Waals surface area contributed by atoms with E-state index < -0.39 is 0 Å². The first-order valence-corrected chi connectivity index (χ1v) is 13.3. The third-order valence-electron chi connectivity index (χ3n) is 6.31. The Morgan fingerprint density at radius 1 is 0.659 bits per heavy atom. The molecule has 0 saturated carbocycles. The van der Waals surface area contributed by atoms with Gasteiger partial charge < -0.3 is 29.0 Å². The van der Waals surface area contributed by atoms with Crippen LogP contribution in [0.5, 0.6) is 28.7 Å². The van der Waals surface area contributed by atoms with Crippen molar-refractivity contribution in [1.29, 1.82) is 0 Å². The van der Waals surface area contributed by atoms with E-state index in [9.17, 15) is 4.79 Å². The number of hydrogen-bond acceptors (Lipinski definition) is 6. The van der Waals surface area contributed by atoms with Gasteiger partial charge in [0.1, 0.15) is 13.2 Å². The zero-order valence-electron chi connectivity index (χ0n) is 23.6. The number of methoxy groups -OCH3 is 3. The molecule has 1 N–H and O–H groups in total. The van der Waals surface area contributed by atoms with Crippen LogP contribution >= 0.6 is 0 Å². The van der Waals surface area contributed by atoms with Crippen LogP contribution in [0.25, 0.3) is 6.08 Å². The molecule has 7 nitrogen and oxygen atoms in total. The molecule has 0 atom stereocenters. The SMILES string of the molecule is COc1ccc(CCNC(=O)C=Cc2cc(OC)c(OCc3ccccc3)c(OC)c2)cc1OCc1ccccc1. The second-order valence-electron chi connectivity index (χ2n) is 9.16. The minimum absolute atomic E-state index is 0.207. The van der Waals surface area contributed by atoms with Crippen molar-refractivity contribution in [2.45, 2.75) is 19.6 Å². The highest BCUT2D eigenvalue weighted by atomic mass is 16.5. The van der Waals surface area contributed by atoms with E-state index >= 15 is 0 Å². The van der Waals surface area contributed by atoms with E-state index in [0.29, 0.717) is 54.9 Å². The molecule has 4 aromatic rings. The second kappa shape index (κ2) is 15.0. The topological polar surface area (TPSA) is 75.3 Å². The number of nitrogens with one attached hydrogen (secondary N) is 1. The molecule has 0 aliphatic carbocycles. The fourth-order valence-corrected chi connectivity index (χ4v) is 4.15. The smallest absolute Gasteiger partial charge is 0.244 e.